The van der Waals surface area contributed by atoms with Crippen molar-refractivity contribution in [3.63, 3.8) is 0 Å². The van der Waals surface area contributed by atoms with E-state index in [1.165, 1.54) is 16.0 Å². The molecule has 1 aliphatic carbocycles. The standard InChI is InChI=1S/C14H16N4O2S/c19-13-9-10-3-1-4-11(10)17-18(13)7-6-15-14(20)16-12-5-2-8-21-12/h2,5,8-9H,1,3-4,6-7H2,(H2,15,16,20). The van der Waals surface area contributed by atoms with Crippen LogP contribution in [-0.2, 0) is 19.4 Å². The Hall–Kier alpha value is -2.15. The molecule has 2 N–H and O–H groups in total. The molecule has 0 fully saturated rings. The van der Waals surface area contributed by atoms with Crippen molar-refractivity contribution in [1.29, 1.82) is 0 Å². The molecule has 21 heavy (non-hydrogen) atoms. The minimum atomic E-state index is -0.272. The summed E-state index contributed by atoms with van der Waals surface area (Å²) in [6, 6.07) is 5.10. The molecule has 0 unspecified atom stereocenters. The Labute approximate surface area is 125 Å². The zero-order valence-electron chi connectivity index (χ0n) is 11.5. The Balaban J connectivity index is 1.54. The van der Waals surface area contributed by atoms with E-state index in [9.17, 15) is 9.59 Å². The van der Waals surface area contributed by atoms with Gasteiger partial charge in [-0.05, 0) is 42.3 Å². The number of amides is 2. The summed E-state index contributed by atoms with van der Waals surface area (Å²) in [6.07, 6.45) is 2.94. The van der Waals surface area contributed by atoms with E-state index in [2.05, 4.69) is 15.7 Å². The van der Waals surface area contributed by atoms with Crippen LogP contribution in [0.2, 0.25) is 0 Å². The van der Waals surface area contributed by atoms with Crippen LogP contribution >= 0.6 is 11.3 Å². The summed E-state index contributed by atoms with van der Waals surface area (Å²) < 4.78 is 1.43. The van der Waals surface area contributed by atoms with Gasteiger partial charge in [-0.25, -0.2) is 9.48 Å². The molecule has 2 aromatic heterocycles. The van der Waals surface area contributed by atoms with Crippen LogP contribution in [0.4, 0.5) is 9.80 Å². The fraction of sp³-hybridized carbons (Fsp3) is 0.357. The van der Waals surface area contributed by atoms with Crippen molar-refractivity contribution < 1.29 is 4.79 Å². The SMILES string of the molecule is O=C(NCCn1nc2c(cc1=O)CCC2)Nc1cccs1. The van der Waals surface area contributed by atoms with Gasteiger partial charge in [0.1, 0.15) is 0 Å². The van der Waals surface area contributed by atoms with Crippen molar-refractivity contribution in [2.45, 2.75) is 25.8 Å². The van der Waals surface area contributed by atoms with Crippen LogP contribution in [0.15, 0.2) is 28.4 Å². The molecule has 0 spiro atoms. The molecule has 6 nitrogen and oxygen atoms in total. The fourth-order valence-corrected chi connectivity index (χ4v) is 2.99. The van der Waals surface area contributed by atoms with Gasteiger partial charge in [0.05, 0.1) is 17.2 Å². The van der Waals surface area contributed by atoms with Crippen LogP contribution in [0.25, 0.3) is 0 Å². The Morgan fingerprint density at radius 1 is 1.43 bits per heavy atom. The number of aromatic nitrogens is 2. The normalized spacial score (nSPS) is 13.0. The van der Waals surface area contributed by atoms with Crippen molar-refractivity contribution >= 4 is 22.4 Å². The van der Waals surface area contributed by atoms with E-state index in [-0.39, 0.29) is 11.6 Å². The first-order chi connectivity index (χ1) is 10.2. The van der Waals surface area contributed by atoms with Crippen LogP contribution < -0.4 is 16.2 Å². The van der Waals surface area contributed by atoms with Crippen molar-refractivity contribution in [2.75, 3.05) is 11.9 Å². The minimum Gasteiger partial charge on any atom is -0.336 e. The average Bonchev–Trinajstić information content (AvgIpc) is 3.10. The van der Waals surface area contributed by atoms with Crippen molar-refractivity contribution in [1.82, 2.24) is 15.1 Å². The van der Waals surface area contributed by atoms with Gasteiger partial charge in [-0.1, -0.05) is 0 Å². The zero-order valence-corrected chi connectivity index (χ0v) is 12.3. The Kier molecular flexibility index (Phi) is 4.01. The molecular weight excluding hydrogens is 288 g/mol. The van der Waals surface area contributed by atoms with Crippen LogP contribution in [-0.4, -0.2) is 22.4 Å². The number of anilines is 1. The van der Waals surface area contributed by atoms with Gasteiger partial charge >= 0.3 is 6.03 Å². The molecule has 110 valence electrons. The quantitative estimate of drug-likeness (QED) is 0.901. The first kappa shape index (κ1) is 13.8. The summed E-state index contributed by atoms with van der Waals surface area (Å²) in [6.45, 7) is 0.743. The first-order valence-corrected chi connectivity index (χ1v) is 7.78. The van der Waals surface area contributed by atoms with Crippen LogP contribution in [0, 0.1) is 0 Å². The predicted molar refractivity (Wildman–Crippen MR) is 81.9 cm³/mol. The van der Waals surface area contributed by atoms with Gasteiger partial charge in [-0.15, -0.1) is 11.3 Å². The van der Waals surface area contributed by atoms with E-state index in [1.54, 1.807) is 6.07 Å². The summed E-state index contributed by atoms with van der Waals surface area (Å²) in [5, 5.41) is 12.5. The molecule has 2 aromatic rings. The maximum absolute atomic E-state index is 11.9. The van der Waals surface area contributed by atoms with E-state index >= 15 is 0 Å². The summed E-state index contributed by atoms with van der Waals surface area (Å²) >= 11 is 1.46. The maximum atomic E-state index is 11.9. The lowest BCUT2D eigenvalue weighted by Gasteiger charge is -2.08. The lowest BCUT2D eigenvalue weighted by molar-refractivity contribution is 0.251. The van der Waals surface area contributed by atoms with Gasteiger partial charge in [0.15, 0.2) is 0 Å². The summed E-state index contributed by atoms with van der Waals surface area (Å²) in [7, 11) is 0. The van der Waals surface area contributed by atoms with E-state index in [0.29, 0.717) is 13.1 Å². The van der Waals surface area contributed by atoms with Gasteiger partial charge in [0, 0.05) is 12.6 Å². The highest BCUT2D eigenvalue weighted by atomic mass is 32.1. The van der Waals surface area contributed by atoms with E-state index in [1.807, 2.05) is 17.5 Å². The average molecular weight is 304 g/mol. The van der Waals surface area contributed by atoms with Gasteiger partial charge in [-0.3, -0.25) is 10.1 Å². The van der Waals surface area contributed by atoms with Crippen LogP contribution in [0.3, 0.4) is 0 Å². The number of nitrogens with one attached hydrogen (secondary N) is 2. The largest absolute Gasteiger partial charge is 0.336 e. The van der Waals surface area contributed by atoms with E-state index in [4.69, 9.17) is 0 Å². The number of urea groups is 1. The summed E-state index contributed by atoms with van der Waals surface area (Å²) in [5.41, 5.74) is 1.98. The Morgan fingerprint density at radius 3 is 3.14 bits per heavy atom. The molecule has 0 aromatic carbocycles. The third-order valence-electron chi connectivity index (χ3n) is 3.39. The molecule has 2 heterocycles. The van der Waals surface area contributed by atoms with Crippen LogP contribution in [0.1, 0.15) is 17.7 Å². The third kappa shape index (κ3) is 3.30. The first-order valence-electron chi connectivity index (χ1n) is 6.90. The van der Waals surface area contributed by atoms with Crippen molar-refractivity contribution in [3.05, 3.63) is 45.2 Å². The van der Waals surface area contributed by atoms with Crippen LogP contribution in [0.5, 0.6) is 0 Å². The molecule has 1 aliphatic rings. The molecule has 2 amide bonds. The maximum Gasteiger partial charge on any atom is 0.319 e. The number of fused-ring (bicyclic) bond motifs is 1. The monoisotopic (exact) mass is 304 g/mol. The molecule has 0 aliphatic heterocycles. The number of hydrogen-bond acceptors (Lipinski definition) is 4. The highest BCUT2D eigenvalue weighted by molar-refractivity contribution is 7.14. The van der Waals surface area contributed by atoms with Crippen molar-refractivity contribution in [3.8, 4) is 0 Å². The van der Waals surface area contributed by atoms with Crippen molar-refractivity contribution in [2.24, 2.45) is 0 Å². The van der Waals surface area contributed by atoms with Gasteiger partial charge in [0.25, 0.3) is 5.56 Å². The molecule has 0 saturated heterocycles. The number of hydrogen-bond donors (Lipinski definition) is 2. The number of carbonyl (C=O) groups excluding carboxylic acids is 1. The third-order valence-corrected chi connectivity index (χ3v) is 4.18. The molecule has 7 heteroatoms. The topological polar surface area (TPSA) is 76.0 Å². The molecule has 0 saturated carbocycles. The molecular formula is C14H16N4O2S. The van der Waals surface area contributed by atoms with E-state index in [0.717, 1.165) is 35.5 Å². The minimum absolute atomic E-state index is 0.101. The predicted octanol–water partition coefficient (Wildman–Crippen LogP) is 1.62. The number of rotatable bonds is 4. The zero-order chi connectivity index (χ0) is 14.7. The number of carbonyl (C=O) groups is 1. The number of nitrogens with zero attached hydrogens (tertiary/aromatic N) is 2. The smallest absolute Gasteiger partial charge is 0.319 e. The second-order valence-corrected chi connectivity index (χ2v) is 5.84. The second-order valence-electron chi connectivity index (χ2n) is 4.89. The summed E-state index contributed by atoms with van der Waals surface area (Å²) in [4.78, 5) is 23.5. The highest BCUT2D eigenvalue weighted by Gasteiger charge is 2.14. The molecule has 0 bridgehead atoms. The summed E-state index contributed by atoms with van der Waals surface area (Å²) in [5.74, 6) is 0. The lowest BCUT2D eigenvalue weighted by atomic mass is 10.2. The Bertz CT molecular complexity index is 693. The van der Waals surface area contributed by atoms with Gasteiger partial charge in [-0.2, -0.15) is 5.10 Å². The number of thiophene rings is 1. The highest BCUT2D eigenvalue weighted by Crippen LogP contribution is 2.17. The molecule has 3 rings (SSSR count). The molecule has 0 atom stereocenters. The van der Waals surface area contributed by atoms with Gasteiger partial charge < -0.3 is 5.32 Å². The second kappa shape index (κ2) is 6.09. The molecule has 0 radical (unpaired) electrons. The Morgan fingerprint density at radius 2 is 2.33 bits per heavy atom. The van der Waals surface area contributed by atoms with E-state index < -0.39 is 0 Å². The number of aryl methyl sites for hydroxylation is 2. The fourth-order valence-electron chi connectivity index (χ4n) is 2.38. The lowest BCUT2D eigenvalue weighted by Crippen LogP contribution is -2.34. The van der Waals surface area contributed by atoms with Gasteiger partial charge in [0.2, 0.25) is 0 Å².